The Balaban J connectivity index is 0.00000142. The summed E-state index contributed by atoms with van der Waals surface area (Å²) in [5, 5.41) is 3.73. The first-order valence-electron chi connectivity index (χ1n) is 15.3. The van der Waals surface area contributed by atoms with Crippen molar-refractivity contribution in [3.05, 3.63) is 126 Å². The first kappa shape index (κ1) is 26.6. The predicted molar refractivity (Wildman–Crippen MR) is 189 cm³/mol. The second-order valence-electron chi connectivity index (χ2n) is 11.1. The lowest BCUT2D eigenvalue weighted by molar-refractivity contribution is 1.00. The monoisotopic (exact) mass is 588 g/mol. The summed E-state index contributed by atoms with van der Waals surface area (Å²) in [7, 11) is 0. The SMILES string of the molecule is CC.Cc1ccc2c(n1)c1c(n2-c2ccc3sc4ccc(-n5c6ccccc6c6nc(C)ccc65)cc4c3c2)CC=CC=C1. The van der Waals surface area contributed by atoms with E-state index in [1.54, 1.807) is 0 Å². The zero-order valence-corrected chi connectivity index (χ0v) is 26.1. The van der Waals surface area contributed by atoms with E-state index in [9.17, 15) is 0 Å². The van der Waals surface area contributed by atoms with Gasteiger partial charge in [0.2, 0.25) is 0 Å². The van der Waals surface area contributed by atoms with Crippen molar-refractivity contribution in [2.75, 3.05) is 0 Å². The molecule has 0 amide bonds. The molecule has 1 aliphatic rings. The van der Waals surface area contributed by atoms with Crippen molar-refractivity contribution >= 4 is 70.6 Å². The minimum Gasteiger partial charge on any atom is -0.311 e. The molecular formula is C39H32N4S. The Morgan fingerprint density at radius 3 is 1.98 bits per heavy atom. The van der Waals surface area contributed by atoms with Gasteiger partial charge in [-0.2, -0.15) is 0 Å². The third kappa shape index (κ3) is 3.96. The van der Waals surface area contributed by atoms with Crippen LogP contribution in [-0.2, 0) is 6.42 Å². The second kappa shape index (κ2) is 10.3. The molecule has 0 saturated carbocycles. The maximum absolute atomic E-state index is 4.97. The van der Waals surface area contributed by atoms with Crippen LogP contribution in [0.25, 0.3) is 70.6 Å². The van der Waals surface area contributed by atoms with Crippen molar-refractivity contribution in [2.45, 2.75) is 34.1 Å². The predicted octanol–water partition coefficient (Wildman–Crippen LogP) is 10.7. The first-order valence-corrected chi connectivity index (χ1v) is 16.1. The van der Waals surface area contributed by atoms with Gasteiger partial charge in [-0.3, -0.25) is 9.97 Å². The van der Waals surface area contributed by atoms with E-state index in [-0.39, 0.29) is 0 Å². The summed E-state index contributed by atoms with van der Waals surface area (Å²) >= 11 is 1.85. The molecule has 1 aliphatic carbocycles. The zero-order valence-electron chi connectivity index (χ0n) is 25.3. The van der Waals surface area contributed by atoms with Gasteiger partial charge in [-0.05, 0) is 80.6 Å². The van der Waals surface area contributed by atoms with E-state index in [4.69, 9.17) is 9.97 Å². The number of aryl methyl sites for hydroxylation is 2. The molecule has 0 unspecified atom stereocenters. The molecule has 0 radical (unpaired) electrons. The molecule has 0 N–H and O–H groups in total. The van der Waals surface area contributed by atoms with Gasteiger partial charge in [-0.1, -0.05) is 56.4 Å². The average molecular weight is 589 g/mol. The Labute approximate surface area is 260 Å². The minimum absolute atomic E-state index is 0.867. The zero-order chi connectivity index (χ0) is 29.9. The lowest BCUT2D eigenvalue weighted by Gasteiger charge is -2.11. The van der Waals surface area contributed by atoms with Crippen molar-refractivity contribution in [1.82, 2.24) is 19.1 Å². The van der Waals surface area contributed by atoms with E-state index >= 15 is 0 Å². The standard InChI is InChI=1S/C37H26N4S.C2H6/c1-22-12-16-32-36(38-22)26-8-4-3-5-10-30(26)40(32)24-14-18-34-28(20-24)29-21-25(15-19-35(29)42-34)41-31-11-7-6-9-27(31)37-33(41)17-13-23(2)39-37;1-2/h3-9,11-21H,10H2,1-2H3;1-2H3. The van der Waals surface area contributed by atoms with Crippen LogP contribution in [0.1, 0.15) is 36.5 Å². The number of allylic oxidation sites excluding steroid dienone is 3. The third-order valence-corrected chi connectivity index (χ3v) is 9.67. The van der Waals surface area contributed by atoms with E-state index in [0.29, 0.717) is 0 Å². The molecule has 0 saturated heterocycles. The Bertz CT molecular complexity index is 2470. The van der Waals surface area contributed by atoms with Gasteiger partial charge in [0.25, 0.3) is 0 Å². The van der Waals surface area contributed by atoms with Gasteiger partial charge in [0, 0.05) is 66.0 Å². The number of benzene rings is 3. The van der Waals surface area contributed by atoms with Crippen molar-refractivity contribution in [2.24, 2.45) is 0 Å². The fourth-order valence-electron chi connectivity index (χ4n) is 6.65. The van der Waals surface area contributed by atoms with E-state index < -0.39 is 0 Å². The van der Waals surface area contributed by atoms with Gasteiger partial charge >= 0.3 is 0 Å². The Hall–Kier alpha value is -5.00. The molecule has 0 aliphatic heterocycles. The summed E-state index contributed by atoms with van der Waals surface area (Å²) in [5.41, 5.74) is 12.5. The molecule has 5 heteroatoms. The van der Waals surface area contributed by atoms with Gasteiger partial charge in [0.1, 0.15) is 0 Å². The molecule has 5 aromatic heterocycles. The summed E-state index contributed by atoms with van der Waals surface area (Å²) in [6.45, 7) is 8.13. The van der Waals surface area contributed by atoms with Crippen LogP contribution in [0.5, 0.6) is 0 Å². The van der Waals surface area contributed by atoms with Gasteiger partial charge in [-0.25, -0.2) is 0 Å². The van der Waals surface area contributed by atoms with Crippen molar-refractivity contribution in [1.29, 1.82) is 0 Å². The summed E-state index contributed by atoms with van der Waals surface area (Å²) in [5.74, 6) is 0. The van der Waals surface area contributed by atoms with E-state index in [0.717, 1.165) is 45.6 Å². The number of aromatic nitrogens is 4. The smallest absolute Gasteiger partial charge is 0.0966 e. The number of pyridine rings is 2. The lowest BCUT2D eigenvalue weighted by atomic mass is 10.1. The van der Waals surface area contributed by atoms with Crippen LogP contribution in [0.4, 0.5) is 0 Å². The summed E-state index contributed by atoms with van der Waals surface area (Å²) < 4.78 is 7.35. The van der Waals surface area contributed by atoms with Crippen LogP contribution < -0.4 is 0 Å². The van der Waals surface area contributed by atoms with E-state index in [1.807, 2.05) is 25.2 Å². The average Bonchev–Trinajstić information content (AvgIpc) is 3.60. The normalized spacial score (nSPS) is 12.7. The number of hydrogen-bond donors (Lipinski definition) is 0. The highest BCUT2D eigenvalue weighted by molar-refractivity contribution is 7.25. The number of hydrogen-bond acceptors (Lipinski definition) is 3. The fraction of sp³-hybridized carbons (Fsp3) is 0.128. The van der Waals surface area contributed by atoms with Gasteiger partial charge in [-0.15, -0.1) is 11.3 Å². The Kier molecular flexibility index (Phi) is 6.24. The highest BCUT2D eigenvalue weighted by Crippen LogP contribution is 2.40. The molecule has 3 aromatic carbocycles. The molecule has 0 fully saturated rings. The van der Waals surface area contributed by atoms with E-state index in [1.165, 1.54) is 48.0 Å². The molecule has 5 heterocycles. The number of rotatable bonds is 2. The van der Waals surface area contributed by atoms with Crippen LogP contribution >= 0.6 is 11.3 Å². The summed E-state index contributed by atoms with van der Waals surface area (Å²) in [6.07, 6.45) is 9.57. The fourth-order valence-corrected chi connectivity index (χ4v) is 7.71. The molecule has 4 nitrogen and oxygen atoms in total. The van der Waals surface area contributed by atoms with Crippen LogP contribution in [-0.4, -0.2) is 19.1 Å². The van der Waals surface area contributed by atoms with Crippen molar-refractivity contribution in [3.63, 3.8) is 0 Å². The van der Waals surface area contributed by atoms with Gasteiger partial charge in [0.15, 0.2) is 0 Å². The van der Waals surface area contributed by atoms with Gasteiger partial charge in [0.05, 0.1) is 27.6 Å². The quantitative estimate of drug-likeness (QED) is 0.201. The summed E-state index contributed by atoms with van der Waals surface area (Å²) in [6, 6.07) is 31.0. The molecule has 44 heavy (non-hydrogen) atoms. The van der Waals surface area contributed by atoms with Crippen LogP contribution in [0.2, 0.25) is 0 Å². The second-order valence-corrected chi connectivity index (χ2v) is 12.2. The largest absolute Gasteiger partial charge is 0.311 e. The number of thiophene rings is 1. The number of nitrogens with zero attached hydrogens (tertiary/aromatic N) is 4. The third-order valence-electron chi connectivity index (χ3n) is 8.52. The molecule has 0 atom stereocenters. The topological polar surface area (TPSA) is 35.6 Å². The molecule has 9 rings (SSSR count). The van der Waals surface area contributed by atoms with Crippen molar-refractivity contribution in [3.8, 4) is 11.4 Å². The summed E-state index contributed by atoms with van der Waals surface area (Å²) in [4.78, 5) is 9.90. The maximum Gasteiger partial charge on any atom is 0.0966 e. The molecule has 214 valence electrons. The number of para-hydroxylation sites is 1. The molecular weight excluding hydrogens is 557 g/mol. The highest BCUT2D eigenvalue weighted by atomic mass is 32.1. The maximum atomic E-state index is 4.97. The van der Waals surface area contributed by atoms with Crippen LogP contribution in [0.15, 0.2) is 103 Å². The minimum atomic E-state index is 0.867. The van der Waals surface area contributed by atoms with E-state index in [2.05, 4.69) is 132 Å². The lowest BCUT2D eigenvalue weighted by Crippen LogP contribution is -2.00. The van der Waals surface area contributed by atoms with Crippen molar-refractivity contribution < 1.29 is 0 Å². The molecule has 0 bridgehead atoms. The number of fused-ring (bicyclic) bond motifs is 9. The molecule has 0 spiro atoms. The van der Waals surface area contributed by atoms with Crippen LogP contribution in [0, 0.1) is 13.8 Å². The van der Waals surface area contributed by atoms with Crippen LogP contribution in [0.3, 0.4) is 0 Å². The van der Waals surface area contributed by atoms with Gasteiger partial charge < -0.3 is 9.13 Å². The Morgan fingerprint density at radius 1 is 0.614 bits per heavy atom. The first-order chi connectivity index (χ1) is 21.6. The highest BCUT2D eigenvalue weighted by Gasteiger charge is 2.20. The molecule has 8 aromatic rings. The Morgan fingerprint density at radius 2 is 1.25 bits per heavy atom.